The molecule has 29 heavy (non-hydrogen) atoms. The molecule has 0 aliphatic carbocycles. The zero-order valence-corrected chi connectivity index (χ0v) is 17.2. The summed E-state index contributed by atoms with van der Waals surface area (Å²) in [5.74, 6) is 0.351. The maximum atomic E-state index is 12.2. The number of ether oxygens (including phenoxy) is 2. The van der Waals surface area contributed by atoms with Crippen LogP contribution in [0.1, 0.15) is 11.1 Å². The third kappa shape index (κ3) is 5.80. The number of hydrogen-bond acceptors (Lipinski definition) is 5. The maximum Gasteiger partial charge on any atom is 0.336 e. The molecule has 0 aromatic heterocycles. The van der Waals surface area contributed by atoms with Crippen molar-refractivity contribution in [1.29, 1.82) is 0 Å². The number of phenolic OH excluding ortho intramolecular Hbond substituents is 1. The zero-order chi connectivity index (χ0) is 20.6. The molecule has 0 saturated carbocycles. The molecule has 0 fully saturated rings. The summed E-state index contributed by atoms with van der Waals surface area (Å²) in [7, 11) is 1.50. The molecule has 3 aromatic rings. The highest BCUT2D eigenvalue weighted by Gasteiger charge is 2.14. The summed E-state index contributed by atoms with van der Waals surface area (Å²) in [6, 6.07) is 19.5. The number of esters is 1. The van der Waals surface area contributed by atoms with E-state index in [1.54, 1.807) is 48.7 Å². The van der Waals surface area contributed by atoms with Crippen LogP contribution < -0.4 is 9.47 Å². The summed E-state index contributed by atoms with van der Waals surface area (Å²) >= 11 is 3.42. The van der Waals surface area contributed by atoms with Gasteiger partial charge in [-0.1, -0.05) is 30.3 Å². The van der Waals surface area contributed by atoms with Gasteiger partial charge in [0, 0.05) is 12.3 Å². The molecule has 0 heterocycles. The van der Waals surface area contributed by atoms with Crippen LogP contribution in [0.5, 0.6) is 17.2 Å². The fourth-order valence-electron chi connectivity index (χ4n) is 2.46. The van der Waals surface area contributed by atoms with Gasteiger partial charge in [0.05, 0.1) is 17.3 Å². The molecular formula is C23H18BrNO4. The predicted octanol–water partition coefficient (Wildman–Crippen LogP) is 5.53. The third-order valence-electron chi connectivity index (χ3n) is 3.88. The Morgan fingerprint density at radius 2 is 1.76 bits per heavy atom. The van der Waals surface area contributed by atoms with E-state index >= 15 is 0 Å². The van der Waals surface area contributed by atoms with Crippen LogP contribution >= 0.6 is 15.9 Å². The van der Waals surface area contributed by atoms with E-state index in [9.17, 15) is 9.90 Å². The minimum atomic E-state index is -0.515. The summed E-state index contributed by atoms with van der Waals surface area (Å²) in [4.78, 5) is 16.6. The Morgan fingerprint density at radius 3 is 2.45 bits per heavy atom. The number of benzene rings is 3. The van der Waals surface area contributed by atoms with Gasteiger partial charge in [-0.2, -0.15) is 0 Å². The fourth-order valence-corrected chi connectivity index (χ4v) is 3.00. The smallest absolute Gasteiger partial charge is 0.336 e. The lowest BCUT2D eigenvalue weighted by Gasteiger charge is -2.11. The Kier molecular flexibility index (Phi) is 6.81. The first-order valence-electron chi connectivity index (χ1n) is 8.71. The van der Waals surface area contributed by atoms with Crippen LogP contribution in [-0.4, -0.2) is 24.4 Å². The number of rotatable bonds is 6. The minimum absolute atomic E-state index is 0.181. The number of aromatic hydroxyl groups is 1. The second kappa shape index (κ2) is 9.71. The molecule has 0 unspecified atom stereocenters. The number of hydrogen-bond donors (Lipinski definition) is 1. The molecule has 6 heteroatoms. The first-order chi connectivity index (χ1) is 14.0. The van der Waals surface area contributed by atoms with Gasteiger partial charge >= 0.3 is 5.97 Å². The van der Waals surface area contributed by atoms with Crippen LogP contribution in [0.3, 0.4) is 0 Å². The first kappa shape index (κ1) is 20.4. The summed E-state index contributed by atoms with van der Waals surface area (Å²) in [6.45, 7) is 0. The molecule has 0 saturated heterocycles. The normalized spacial score (nSPS) is 11.1. The highest BCUT2D eigenvalue weighted by atomic mass is 79.9. The van der Waals surface area contributed by atoms with Gasteiger partial charge in [0.1, 0.15) is 5.75 Å². The Balaban J connectivity index is 1.76. The minimum Gasteiger partial charge on any atom is -0.508 e. The van der Waals surface area contributed by atoms with Crippen LogP contribution in [0, 0.1) is 0 Å². The zero-order valence-electron chi connectivity index (χ0n) is 15.6. The molecule has 5 nitrogen and oxygen atoms in total. The van der Waals surface area contributed by atoms with Crippen LogP contribution in [-0.2, 0) is 4.79 Å². The molecule has 3 aromatic carbocycles. The average Bonchev–Trinajstić information content (AvgIpc) is 2.74. The number of nitrogens with zero attached hydrogens (tertiary/aromatic N) is 1. The number of methoxy groups -OCH3 is 1. The molecule has 3 rings (SSSR count). The molecule has 0 aliphatic heterocycles. The SMILES string of the molecule is COc1cc(C=Nc2ccc(O)cc2)cc(Br)c1OC(=O)C=Cc1ccccc1. The van der Waals surface area contributed by atoms with E-state index in [1.165, 1.54) is 13.2 Å². The van der Waals surface area contributed by atoms with E-state index in [0.717, 1.165) is 11.1 Å². The fraction of sp³-hybridized carbons (Fsp3) is 0.0435. The van der Waals surface area contributed by atoms with E-state index in [-0.39, 0.29) is 11.5 Å². The third-order valence-corrected chi connectivity index (χ3v) is 4.47. The van der Waals surface area contributed by atoms with Crippen molar-refractivity contribution in [3.8, 4) is 17.2 Å². The molecule has 0 bridgehead atoms. The van der Waals surface area contributed by atoms with Gasteiger partial charge in [0.15, 0.2) is 11.5 Å². The Bertz CT molecular complexity index is 1040. The van der Waals surface area contributed by atoms with Gasteiger partial charge in [-0.15, -0.1) is 0 Å². The number of halogens is 1. The molecule has 0 aliphatic rings. The van der Waals surface area contributed by atoms with Crippen molar-refractivity contribution >= 4 is 39.9 Å². The molecule has 0 spiro atoms. The highest BCUT2D eigenvalue weighted by molar-refractivity contribution is 9.10. The van der Waals surface area contributed by atoms with Gasteiger partial charge in [-0.3, -0.25) is 4.99 Å². The van der Waals surface area contributed by atoms with Gasteiger partial charge in [0.2, 0.25) is 0 Å². The number of carbonyl (C=O) groups excluding carboxylic acids is 1. The second-order valence-electron chi connectivity index (χ2n) is 5.97. The Labute approximate surface area is 177 Å². The van der Waals surface area contributed by atoms with Crippen molar-refractivity contribution in [2.75, 3.05) is 7.11 Å². The molecule has 0 radical (unpaired) electrons. The summed E-state index contributed by atoms with van der Waals surface area (Å²) in [6.07, 6.45) is 4.70. The largest absolute Gasteiger partial charge is 0.508 e. The lowest BCUT2D eigenvalue weighted by atomic mass is 10.2. The van der Waals surface area contributed by atoms with Gasteiger partial charge in [-0.05, 0) is 69.5 Å². The van der Waals surface area contributed by atoms with Crippen LogP contribution in [0.2, 0.25) is 0 Å². The lowest BCUT2D eigenvalue weighted by Crippen LogP contribution is -2.06. The molecule has 146 valence electrons. The molecular weight excluding hydrogens is 434 g/mol. The second-order valence-corrected chi connectivity index (χ2v) is 6.83. The van der Waals surface area contributed by atoms with E-state index in [1.807, 2.05) is 30.3 Å². The van der Waals surface area contributed by atoms with E-state index < -0.39 is 5.97 Å². The Morgan fingerprint density at radius 1 is 1.03 bits per heavy atom. The van der Waals surface area contributed by atoms with Crippen LogP contribution in [0.4, 0.5) is 5.69 Å². The summed E-state index contributed by atoms with van der Waals surface area (Å²) in [5, 5.41) is 9.33. The molecule has 0 atom stereocenters. The molecule has 0 amide bonds. The topological polar surface area (TPSA) is 68.1 Å². The summed E-state index contributed by atoms with van der Waals surface area (Å²) < 4.78 is 11.4. The number of carbonyl (C=O) groups is 1. The maximum absolute atomic E-state index is 12.2. The van der Waals surface area contributed by atoms with Gasteiger partial charge in [-0.25, -0.2) is 4.79 Å². The highest BCUT2D eigenvalue weighted by Crippen LogP contribution is 2.36. The lowest BCUT2D eigenvalue weighted by molar-refractivity contribution is -0.129. The van der Waals surface area contributed by atoms with Crippen molar-refractivity contribution in [3.63, 3.8) is 0 Å². The van der Waals surface area contributed by atoms with E-state index in [4.69, 9.17) is 9.47 Å². The van der Waals surface area contributed by atoms with Crippen molar-refractivity contribution < 1.29 is 19.4 Å². The quantitative estimate of drug-likeness (QED) is 0.231. The van der Waals surface area contributed by atoms with Crippen LogP contribution in [0.25, 0.3) is 6.08 Å². The van der Waals surface area contributed by atoms with E-state index in [2.05, 4.69) is 20.9 Å². The van der Waals surface area contributed by atoms with Crippen LogP contribution in [0.15, 0.2) is 82.3 Å². The van der Waals surface area contributed by atoms with Gasteiger partial charge in [0.25, 0.3) is 0 Å². The Hall–Kier alpha value is -3.38. The van der Waals surface area contributed by atoms with E-state index in [0.29, 0.717) is 15.9 Å². The van der Waals surface area contributed by atoms with Crippen molar-refractivity contribution in [2.45, 2.75) is 0 Å². The monoisotopic (exact) mass is 451 g/mol. The molecule has 1 N–H and O–H groups in total. The number of aliphatic imine (C=N–C) groups is 1. The average molecular weight is 452 g/mol. The standard InChI is InChI=1S/C23H18BrNO4/c1-28-21-14-17(15-25-18-8-10-19(26)11-9-18)13-20(24)23(21)29-22(27)12-7-16-5-3-2-4-6-16/h2-15,26H,1H3. The van der Waals surface area contributed by atoms with Crippen molar-refractivity contribution in [1.82, 2.24) is 0 Å². The summed E-state index contributed by atoms with van der Waals surface area (Å²) in [5.41, 5.74) is 2.34. The van der Waals surface area contributed by atoms with Crippen molar-refractivity contribution in [3.05, 3.63) is 88.4 Å². The number of phenols is 1. The van der Waals surface area contributed by atoms with Crippen molar-refractivity contribution in [2.24, 2.45) is 4.99 Å². The first-order valence-corrected chi connectivity index (χ1v) is 9.50. The predicted molar refractivity (Wildman–Crippen MR) is 117 cm³/mol. The van der Waals surface area contributed by atoms with Gasteiger partial charge < -0.3 is 14.6 Å².